The van der Waals surface area contributed by atoms with E-state index >= 15 is 0 Å². The van der Waals surface area contributed by atoms with Gasteiger partial charge in [0.1, 0.15) is 5.15 Å². The number of hydrogen-bond donors (Lipinski definition) is 3. The molecule has 1 aromatic carbocycles. The molecule has 4 amide bonds. The first-order valence-electron chi connectivity index (χ1n) is 11.4. The van der Waals surface area contributed by atoms with Gasteiger partial charge in [0.15, 0.2) is 6.17 Å². The van der Waals surface area contributed by atoms with E-state index in [0.717, 1.165) is 31.2 Å². The Labute approximate surface area is 203 Å². The Kier molecular flexibility index (Phi) is 7.33. The largest absolute Gasteiger partial charge is 0.350 e. The highest BCUT2D eigenvalue weighted by atomic mass is 35.5. The zero-order valence-electron chi connectivity index (χ0n) is 19.0. The standard InChI is InChI=1S/C24H29ClN6O3/c1-15-3-2-4-19(13-15)29-24(34)31-12-11-30(23(33)16-5-10-20(25)27-14-16)22(31)21(32)28-18-8-6-17(26)7-9-18/h2-5,10,13-14,17-18,22H,6-9,11-12,26H2,1H3,(H,28,32)(H,29,34). The second-order valence-corrected chi connectivity index (χ2v) is 9.24. The molecule has 10 heteroatoms. The summed E-state index contributed by atoms with van der Waals surface area (Å²) >= 11 is 5.86. The van der Waals surface area contributed by atoms with E-state index in [4.69, 9.17) is 17.3 Å². The second-order valence-electron chi connectivity index (χ2n) is 8.86. The molecule has 1 atom stereocenters. The van der Waals surface area contributed by atoms with Gasteiger partial charge in [-0.2, -0.15) is 0 Å². The zero-order chi connectivity index (χ0) is 24.2. The van der Waals surface area contributed by atoms with Crippen molar-refractivity contribution < 1.29 is 14.4 Å². The molecule has 0 bridgehead atoms. The maximum atomic E-state index is 13.4. The SMILES string of the molecule is Cc1cccc(NC(=O)N2CCN(C(=O)c3ccc(Cl)nc3)C2C(=O)NC2CCC(N)CC2)c1. The minimum absolute atomic E-state index is 0.0382. The molecular weight excluding hydrogens is 456 g/mol. The third kappa shape index (κ3) is 5.48. The van der Waals surface area contributed by atoms with Crippen LogP contribution in [0.2, 0.25) is 5.15 Å². The van der Waals surface area contributed by atoms with E-state index in [2.05, 4.69) is 15.6 Å². The number of nitrogens with two attached hydrogens (primary N) is 1. The number of benzene rings is 1. The van der Waals surface area contributed by atoms with Crippen LogP contribution in [0.25, 0.3) is 0 Å². The molecule has 1 saturated heterocycles. The lowest BCUT2D eigenvalue weighted by atomic mass is 9.92. The number of nitrogens with one attached hydrogen (secondary N) is 2. The predicted octanol–water partition coefficient (Wildman–Crippen LogP) is 2.75. The summed E-state index contributed by atoms with van der Waals surface area (Å²) in [6, 6.07) is 10.1. The molecule has 1 aliphatic carbocycles. The summed E-state index contributed by atoms with van der Waals surface area (Å²) < 4.78 is 0. The van der Waals surface area contributed by atoms with Gasteiger partial charge in [0, 0.05) is 37.1 Å². The topological polar surface area (TPSA) is 121 Å². The van der Waals surface area contributed by atoms with Crippen molar-refractivity contribution in [1.82, 2.24) is 20.1 Å². The molecule has 9 nitrogen and oxygen atoms in total. The Morgan fingerprint density at radius 1 is 1.06 bits per heavy atom. The van der Waals surface area contributed by atoms with Crippen molar-refractivity contribution in [2.75, 3.05) is 18.4 Å². The summed E-state index contributed by atoms with van der Waals surface area (Å²) in [5.41, 5.74) is 7.91. The third-order valence-corrected chi connectivity index (χ3v) is 6.51. The molecule has 1 aromatic heterocycles. The van der Waals surface area contributed by atoms with Gasteiger partial charge in [-0.1, -0.05) is 23.7 Å². The fraction of sp³-hybridized carbons (Fsp3) is 0.417. The molecule has 0 spiro atoms. The number of amides is 4. The van der Waals surface area contributed by atoms with Crippen molar-refractivity contribution in [2.24, 2.45) is 5.73 Å². The number of pyridine rings is 1. The van der Waals surface area contributed by atoms with Crippen LogP contribution in [0.3, 0.4) is 0 Å². The number of carbonyl (C=O) groups excluding carboxylic acids is 3. The van der Waals surface area contributed by atoms with E-state index < -0.39 is 12.2 Å². The van der Waals surface area contributed by atoms with E-state index in [1.54, 1.807) is 12.1 Å². The number of rotatable bonds is 4. The summed E-state index contributed by atoms with van der Waals surface area (Å²) in [6.07, 6.45) is 3.48. The molecule has 1 aliphatic heterocycles. The summed E-state index contributed by atoms with van der Waals surface area (Å²) in [7, 11) is 0. The van der Waals surface area contributed by atoms with Crippen LogP contribution >= 0.6 is 11.6 Å². The quantitative estimate of drug-likeness (QED) is 0.576. The minimum atomic E-state index is -1.08. The lowest BCUT2D eigenvalue weighted by Gasteiger charge is -2.32. The lowest BCUT2D eigenvalue weighted by Crippen LogP contribution is -2.56. The fourth-order valence-electron chi connectivity index (χ4n) is 4.46. The van der Waals surface area contributed by atoms with E-state index in [-0.39, 0.29) is 42.1 Å². The normalized spacial score (nSPS) is 22.4. The number of hydrogen-bond acceptors (Lipinski definition) is 5. The monoisotopic (exact) mass is 484 g/mol. The molecule has 4 N–H and O–H groups in total. The summed E-state index contributed by atoms with van der Waals surface area (Å²) in [5.74, 6) is -0.770. The maximum absolute atomic E-state index is 13.4. The number of anilines is 1. The van der Waals surface area contributed by atoms with E-state index in [1.165, 1.54) is 22.1 Å². The molecule has 2 aliphatic rings. The third-order valence-electron chi connectivity index (χ3n) is 6.29. The van der Waals surface area contributed by atoms with Crippen molar-refractivity contribution >= 4 is 35.1 Å². The fourth-order valence-corrected chi connectivity index (χ4v) is 4.57. The Morgan fingerprint density at radius 3 is 2.47 bits per heavy atom. The van der Waals surface area contributed by atoms with E-state index in [9.17, 15) is 14.4 Å². The van der Waals surface area contributed by atoms with Crippen molar-refractivity contribution in [1.29, 1.82) is 0 Å². The minimum Gasteiger partial charge on any atom is -0.350 e. The zero-order valence-corrected chi connectivity index (χ0v) is 19.8. The highest BCUT2D eigenvalue weighted by Gasteiger charge is 2.43. The van der Waals surface area contributed by atoms with Crippen LogP contribution in [0.1, 0.15) is 41.6 Å². The lowest BCUT2D eigenvalue weighted by molar-refractivity contribution is -0.128. The smallest absolute Gasteiger partial charge is 0.323 e. The van der Waals surface area contributed by atoms with Gasteiger partial charge in [-0.05, 0) is 62.4 Å². The average Bonchev–Trinajstić information content (AvgIpc) is 3.26. The van der Waals surface area contributed by atoms with Crippen LogP contribution in [0.15, 0.2) is 42.6 Å². The van der Waals surface area contributed by atoms with Gasteiger partial charge in [-0.15, -0.1) is 0 Å². The molecule has 1 saturated carbocycles. The first-order valence-corrected chi connectivity index (χ1v) is 11.8. The molecular formula is C24H29ClN6O3. The highest BCUT2D eigenvalue weighted by molar-refractivity contribution is 6.29. The summed E-state index contributed by atoms with van der Waals surface area (Å²) in [6.45, 7) is 2.37. The molecule has 2 aromatic rings. The second kappa shape index (κ2) is 10.4. The van der Waals surface area contributed by atoms with Gasteiger partial charge < -0.3 is 21.3 Å². The van der Waals surface area contributed by atoms with Crippen LogP contribution in [-0.4, -0.2) is 64.0 Å². The number of halogens is 1. The van der Waals surface area contributed by atoms with Gasteiger partial charge in [-0.3, -0.25) is 14.5 Å². The first-order chi connectivity index (χ1) is 16.3. The van der Waals surface area contributed by atoms with Crippen molar-refractivity contribution in [3.8, 4) is 0 Å². The molecule has 4 rings (SSSR count). The maximum Gasteiger partial charge on any atom is 0.323 e. The van der Waals surface area contributed by atoms with E-state index in [0.29, 0.717) is 11.3 Å². The Morgan fingerprint density at radius 2 is 1.79 bits per heavy atom. The molecule has 2 heterocycles. The van der Waals surface area contributed by atoms with Crippen molar-refractivity contribution in [3.05, 3.63) is 58.9 Å². The van der Waals surface area contributed by atoms with Crippen LogP contribution in [-0.2, 0) is 4.79 Å². The summed E-state index contributed by atoms with van der Waals surface area (Å²) in [4.78, 5) is 46.6. The van der Waals surface area contributed by atoms with Crippen molar-refractivity contribution in [3.63, 3.8) is 0 Å². The Bertz CT molecular complexity index is 1050. The van der Waals surface area contributed by atoms with Crippen molar-refractivity contribution in [2.45, 2.75) is 50.9 Å². The number of aryl methyl sites for hydroxylation is 1. The van der Waals surface area contributed by atoms with Crippen LogP contribution in [0, 0.1) is 6.92 Å². The number of carbonyl (C=O) groups is 3. The van der Waals surface area contributed by atoms with Gasteiger partial charge in [-0.25, -0.2) is 9.78 Å². The molecule has 2 fully saturated rings. The number of nitrogens with zero attached hydrogens (tertiary/aromatic N) is 3. The first kappa shape index (κ1) is 24.0. The Balaban J connectivity index is 1.55. The van der Waals surface area contributed by atoms with Gasteiger partial charge in [0.2, 0.25) is 0 Å². The van der Waals surface area contributed by atoms with E-state index in [1.807, 2.05) is 25.1 Å². The molecule has 34 heavy (non-hydrogen) atoms. The average molecular weight is 485 g/mol. The van der Waals surface area contributed by atoms with Crippen LogP contribution in [0.5, 0.6) is 0 Å². The van der Waals surface area contributed by atoms with Crippen LogP contribution in [0.4, 0.5) is 10.5 Å². The number of urea groups is 1. The van der Waals surface area contributed by atoms with Gasteiger partial charge in [0.05, 0.1) is 5.56 Å². The number of aromatic nitrogens is 1. The highest BCUT2D eigenvalue weighted by Crippen LogP contribution is 2.23. The van der Waals surface area contributed by atoms with Gasteiger partial charge >= 0.3 is 6.03 Å². The Hall–Kier alpha value is -3.17. The molecule has 1 unspecified atom stereocenters. The predicted molar refractivity (Wildman–Crippen MR) is 129 cm³/mol. The van der Waals surface area contributed by atoms with Gasteiger partial charge in [0.25, 0.3) is 11.8 Å². The van der Waals surface area contributed by atoms with Crippen LogP contribution < -0.4 is 16.4 Å². The summed E-state index contributed by atoms with van der Waals surface area (Å²) in [5, 5.41) is 6.15. The molecule has 0 radical (unpaired) electrons. The molecule has 180 valence electrons.